The van der Waals surface area contributed by atoms with E-state index in [4.69, 9.17) is 11.6 Å². The third-order valence-electron chi connectivity index (χ3n) is 2.89. The van der Waals surface area contributed by atoms with Crippen LogP contribution in [-0.2, 0) is 0 Å². The Morgan fingerprint density at radius 1 is 1.23 bits per heavy atom. The molecule has 1 aromatic heterocycles. The van der Waals surface area contributed by atoms with Crippen molar-refractivity contribution in [2.75, 3.05) is 11.9 Å². The van der Waals surface area contributed by atoms with E-state index in [0.29, 0.717) is 5.15 Å². The summed E-state index contributed by atoms with van der Waals surface area (Å²) >= 11 is 5.81. The Hall–Kier alpha value is -1.95. The van der Waals surface area contributed by atoms with Crippen LogP contribution in [0.3, 0.4) is 0 Å². The Kier molecular flexibility index (Phi) is 5.13. The second-order valence-corrected chi connectivity index (χ2v) is 5.09. The standard InChI is InChI=1S/C15H14ClF3N2O/c1-10(21-12-6-7-20-14(16)8-12)11-2-4-13(5-3-11)22-9-15(17,18)19/h2-8,10H,9H2,1H3,(H,20,21). The monoisotopic (exact) mass is 330 g/mol. The van der Waals surface area contributed by atoms with E-state index in [0.717, 1.165) is 11.3 Å². The summed E-state index contributed by atoms with van der Waals surface area (Å²) in [6.45, 7) is 0.634. The van der Waals surface area contributed by atoms with Crippen LogP contribution in [0.2, 0.25) is 5.15 Å². The topological polar surface area (TPSA) is 34.2 Å². The van der Waals surface area contributed by atoms with Gasteiger partial charge in [0.05, 0.1) is 0 Å². The summed E-state index contributed by atoms with van der Waals surface area (Å²) < 4.78 is 40.9. The molecule has 1 N–H and O–H groups in total. The van der Waals surface area contributed by atoms with Crippen LogP contribution in [0.4, 0.5) is 18.9 Å². The van der Waals surface area contributed by atoms with Gasteiger partial charge in [0.25, 0.3) is 0 Å². The van der Waals surface area contributed by atoms with E-state index >= 15 is 0 Å². The number of ether oxygens (including phenoxy) is 1. The van der Waals surface area contributed by atoms with Gasteiger partial charge in [-0.1, -0.05) is 23.7 Å². The highest BCUT2D eigenvalue weighted by Crippen LogP contribution is 2.24. The normalized spacial score (nSPS) is 12.8. The molecule has 0 aliphatic heterocycles. The van der Waals surface area contributed by atoms with Crippen LogP contribution < -0.4 is 10.1 Å². The number of hydrogen-bond acceptors (Lipinski definition) is 3. The van der Waals surface area contributed by atoms with Crippen molar-refractivity contribution < 1.29 is 17.9 Å². The molecule has 1 heterocycles. The van der Waals surface area contributed by atoms with E-state index in [1.165, 1.54) is 12.1 Å². The molecule has 0 aliphatic rings. The van der Waals surface area contributed by atoms with Crippen LogP contribution in [0, 0.1) is 0 Å². The van der Waals surface area contributed by atoms with Gasteiger partial charge in [-0.15, -0.1) is 0 Å². The smallest absolute Gasteiger partial charge is 0.422 e. The van der Waals surface area contributed by atoms with Crippen molar-refractivity contribution in [2.45, 2.75) is 19.1 Å². The van der Waals surface area contributed by atoms with Gasteiger partial charge in [0, 0.05) is 17.9 Å². The third kappa shape index (κ3) is 5.11. The summed E-state index contributed by atoms with van der Waals surface area (Å²) in [6, 6.07) is 9.88. The van der Waals surface area contributed by atoms with Gasteiger partial charge < -0.3 is 10.1 Å². The molecule has 0 aliphatic carbocycles. The van der Waals surface area contributed by atoms with E-state index in [-0.39, 0.29) is 11.8 Å². The van der Waals surface area contributed by atoms with Crippen molar-refractivity contribution in [1.82, 2.24) is 4.98 Å². The van der Waals surface area contributed by atoms with Gasteiger partial charge in [-0.25, -0.2) is 4.98 Å². The zero-order valence-electron chi connectivity index (χ0n) is 11.7. The van der Waals surface area contributed by atoms with Crippen LogP contribution in [-0.4, -0.2) is 17.8 Å². The minimum atomic E-state index is -4.34. The Bertz CT molecular complexity index is 617. The molecular weight excluding hydrogens is 317 g/mol. The Morgan fingerprint density at radius 2 is 1.91 bits per heavy atom. The first kappa shape index (κ1) is 16.4. The van der Waals surface area contributed by atoms with Gasteiger partial charge in [0.1, 0.15) is 10.9 Å². The Balaban J connectivity index is 1.97. The number of alkyl halides is 3. The van der Waals surface area contributed by atoms with E-state index in [1.54, 1.807) is 30.5 Å². The maximum atomic E-state index is 12.1. The molecule has 0 saturated carbocycles. The maximum Gasteiger partial charge on any atom is 0.422 e. The summed E-state index contributed by atoms with van der Waals surface area (Å²) in [5.41, 5.74) is 1.72. The average molecular weight is 331 g/mol. The number of halogens is 4. The molecule has 2 aromatic rings. The number of nitrogens with one attached hydrogen (secondary N) is 1. The fourth-order valence-electron chi connectivity index (χ4n) is 1.84. The molecule has 0 radical (unpaired) electrons. The highest BCUT2D eigenvalue weighted by Gasteiger charge is 2.28. The molecule has 1 atom stereocenters. The molecule has 7 heteroatoms. The summed E-state index contributed by atoms with van der Waals surface area (Å²) in [6.07, 6.45) is -2.75. The second kappa shape index (κ2) is 6.87. The van der Waals surface area contributed by atoms with Gasteiger partial charge >= 0.3 is 6.18 Å². The number of benzene rings is 1. The summed E-state index contributed by atoms with van der Waals surface area (Å²) in [4.78, 5) is 3.89. The van der Waals surface area contributed by atoms with Crippen molar-refractivity contribution in [2.24, 2.45) is 0 Å². The van der Waals surface area contributed by atoms with Crippen molar-refractivity contribution in [3.63, 3.8) is 0 Å². The predicted octanol–water partition coefficient (Wildman–Crippen LogP) is 4.85. The number of rotatable bonds is 5. The van der Waals surface area contributed by atoms with Crippen LogP contribution in [0.25, 0.3) is 0 Å². The van der Waals surface area contributed by atoms with Crippen molar-refractivity contribution in [3.05, 3.63) is 53.3 Å². The number of nitrogens with zero attached hydrogens (tertiary/aromatic N) is 1. The first-order chi connectivity index (χ1) is 10.3. The molecule has 0 amide bonds. The van der Waals surface area contributed by atoms with E-state index in [9.17, 15) is 13.2 Å². The zero-order chi connectivity index (χ0) is 16.2. The van der Waals surface area contributed by atoms with E-state index < -0.39 is 12.8 Å². The lowest BCUT2D eigenvalue weighted by molar-refractivity contribution is -0.153. The van der Waals surface area contributed by atoms with Crippen LogP contribution >= 0.6 is 11.6 Å². The SMILES string of the molecule is CC(Nc1ccnc(Cl)c1)c1ccc(OCC(F)(F)F)cc1. The highest BCUT2D eigenvalue weighted by atomic mass is 35.5. The summed E-state index contributed by atoms with van der Waals surface area (Å²) in [5.74, 6) is 0.181. The molecule has 0 bridgehead atoms. The fourth-order valence-corrected chi connectivity index (χ4v) is 2.02. The largest absolute Gasteiger partial charge is 0.484 e. The van der Waals surface area contributed by atoms with Gasteiger partial charge in [-0.2, -0.15) is 13.2 Å². The van der Waals surface area contributed by atoms with Crippen LogP contribution in [0.5, 0.6) is 5.75 Å². The van der Waals surface area contributed by atoms with Gasteiger partial charge in [0.2, 0.25) is 0 Å². The lowest BCUT2D eigenvalue weighted by Crippen LogP contribution is -2.19. The lowest BCUT2D eigenvalue weighted by atomic mass is 10.1. The molecule has 1 unspecified atom stereocenters. The molecule has 118 valence electrons. The number of aromatic nitrogens is 1. The minimum Gasteiger partial charge on any atom is -0.484 e. The average Bonchev–Trinajstić information content (AvgIpc) is 2.45. The number of pyridine rings is 1. The van der Waals surface area contributed by atoms with Crippen molar-refractivity contribution in [1.29, 1.82) is 0 Å². The lowest BCUT2D eigenvalue weighted by Gasteiger charge is -2.16. The van der Waals surface area contributed by atoms with E-state index in [1.807, 2.05) is 6.92 Å². The first-order valence-corrected chi connectivity index (χ1v) is 6.89. The second-order valence-electron chi connectivity index (χ2n) is 4.71. The molecule has 0 spiro atoms. The Morgan fingerprint density at radius 3 is 2.50 bits per heavy atom. The molecule has 0 fully saturated rings. The fraction of sp³-hybridized carbons (Fsp3) is 0.267. The number of hydrogen-bond donors (Lipinski definition) is 1. The maximum absolute atomic E-state index is 12.1. The molecule has 2 rings (SSSR count). The number of anilines is 1. The zero-order valence-corrected chi connectivity index (χ0v) is 12.4. The van der Waals surface area contributed by atoms with Crippen molar-refractivity contribution in [3.8, 4) is 5.75 Å². The molecule has 1 aromatic carbocycles. The van der Waals surface area contributed by atoms with E-state index in [2.05, 4.69) is 15.0 Å². The van der Waals surface area contributed by atoms with Crippen LogP contribution in [0.15, 0.2) is 42.6 Å². The quantitative estimate of drug-likeness (QED) is 0.796. The Labute approximate surface area is 131 Å². The van der Waals surface area contributed by atoms with Crippen LogP contribution in [0.1, 0.15) is 18.5 Å². The third-order valence-corrected chi connectivity index (χ3v) is 3.10. The molecular formula is C15H14ClF3N2O. The predicted molar refractivity (Wildman–Crippen MR) is 79.3 cm³/mol. The first-order valence-electron chi connectivity index (χ1n) is 6.51. The van der Waals surface area contributed by atoms with Crippen molar-refractivity contribution >= 4 is 17.3 Å². The van der Waals surface area contributed by atoms with Gasteiger partial charge in [-0.05, 0) is 36.8 Å². The van der Waals surface area contributed by atoms with Gasteiger partial charge in [-0.3, -0.25) is 0 Å². The minimum absolute atomic E-state index is 0.0462. The molecule has 22 heavy (non-hydrogen) atoms. The highest BCUT2D eigenvalue weighted by molar-refractivity contribution is 6.29. The molecule has 0 saturated heterocycles. The molecule has 3 nitrogen and oxygen atoms in total. The van der Waals surface area contributed by atoms with Gasteiger partial charge in [0.15, 0.2) is 6.61 Å². The summed E-state index contributed by atoms with van der Waals surface area (Å²) in [5, 5.41) is 3.61. The summed E-state index contributed by atoms with van der Waals surface area (Å²) in [7, 11) is 0.